The molecule has 0 aliphatic rings. The van der Waals surface area contributed by atoms with Crippen molar-refractivity contribution in [1.29, 1.82) is 0 Å². The predicted octanol–water partition coefficient (Wildman–Crippen LogP) is -1.65. The van der Waals surface area contributed by atoms with Gasteiger partial charge < -0.3 is 5.73 Å². The molecular weight excluding hydrogens is 210 g/mol. The molecule has 0 heterocycles. The minimum atomic E-state index is -0.499. The van der Waals surface area contributed by atoms with E-state index in [1.165, 1.54) is 6.07 Å². The van der Waals surface area contributed by atoms with Crippen LogP contribution in [0.1, 0.15) is 26.3 Å². The smallest absolute Gasteiger partial charge is 0.265 e. The highest BCUT2D eigenvalue weighted by molar-refractivity contribution is 5.99. The van der Waals surface area contributed by atoms with Gasteiger partial charge in [0.05, 0.1) is 0 Å². The van der Waals surface area contributed by atoms with Crippen molar-refractivity contribution in [3.63, 3.8) is 0 Å². The largest absolute Gasteiger partial charge is 0.326 e. The van der Waals surface area contributed by atoms with Crippen LogP contribution in [-0.2, 0) is 6.54 Å². The second-order valence-corrected chi connectivity index (χ2v) is 3.07. The molecule has 8 N–H and O–H groups in total. The van der Waals surface area contributed by atoms with E-state index in [1.807, 2.05) is 10.9 Å². The number of nitrogens with two attached hydrogens (primary N) is 3. The summed E-state index contributed by atoms with van der Waals surface area (Å²) in [4.78, 5) is 22.6. The summed E-state index contributed by atoms with van der Waals surface area (Å²) in [5, 5.41) is 0. The Morgan fingerprint density at radius 1 is 1.00 bits per heavy atom. The summed E-state index contributed by atoms with van der Waals surface area (Å²) >= 11 is 0. The first-order chi connectivity index (χ1) is 7.62. The molecule has 2 amide bonds. The van der Waals surface area contributed by atoms with Crippen LogP contribution >= 0.6 is 0 Å². The molecule has 0 aliphatic carbocycles. The van der Waals surface area contributed by atoms with Crippen LogP contribution in [0.15, 0.2) is 18.2 Å². The Kier molecular flexibility index (Phi) is 3.95. The second kappa shape index (κ2) is 5.21. The summed E-state index contributed by atoms with van der Waals surface area (Å²) in [6.45, 7) is 0.205. The molecule has 1 aromatic rings. The number of hydrazine groups is 2. The Bertz CT molecular complexity index is 384. The number of nitrogens with one attached hydrogen (secondary N) is 2. The topological polar surface area (TPSA) is 136 Å². The van der Waals surface area contributed by atoms with Crippen molar-refractivity contribution in [3.8, 4) is 0 Å². The molecule has 7 heteroatoms. The van der Waals surface area contributed by atoms with Gasteiger partial charge >= 0.3 is 0 Å². The third kappa shape index (κ3) is 2.54. The Hall–Kier alpha value is -1.96. The normalized spacial score (nSPS) is 9.69. The third-order valence-corrected chi connectivity index (χ3v) is 2.02. The number of amides is 2. The highest BCUT2D eigenvalue weighted by Gasteiger charge is 2.10. The van der Waals surface area contributed by atoms with Crippen LogP contribution in [0.25, 0.3) is 0 Å². The van der Waals surface area contributed by atoms with Gasteiger partial charge in [-0.25, -0.2) is 11.7 Å². The van der Waals surface area contributed by atoms with E-state index >= 15 is 0 Å². The summed E-state index contributed by atoms with van der Waals surface area (Å²) in [6, 6.07) is 4.48. The van der Waals surface area contributed by atoms with Crippen LogP contribution in [0.4, 0.5) is 0 Å². The lowest BCUT2D eigenvalue weighted by atomic mass is 10.0. The third-order valence-electron chi connectivity index (χ3n) is 2.02. The maximum absolute atomic E-state index is 11.3. The summed E-state index contributed by atoms with van der Waals surface area (Å²) in [5.41, 5.74) is 10.5. The average Bonchev–Trinajstić information content (AvgIpc) is 2.35. The molecule has 0 radical (unpaired) electrons. The quantitative estimate of drug-likeness (QED) is 0.237. The van der Waals surface area contributed by atoms with Gasteiger partial charge in [0, 0.05) is 17.7 Å². The van der Waals surface area contributed by atoms with Crippen molar-refractivity contribution < 1.29 is 9.59 Å². The van der Waals surface area contributed by atoms with Crippen molar-refractivity contribution in [1.82, 2.24) is 10.9 Å². The second-order valence-electron chi connectivity index (χ2n) is 3.07. The number of rotatable bonds is 3. The number of carbonyl (C=O) groups is 2. The molecule has 0 unspecified atom stereocenters. The van der Waals surface area contributed by atoms with E-state index in [0.717, 1.165) is 0 Å². The standard InChI is InChI=1S/C9H13N5O2/c10-4-5-1-6(8(15)13-11)3-7(2-5)9(16)14-12/h1-3H,4,10-12H2,(H,13,15)(H,14,16). The minimum Gasteiger partial charge on any atom is -0.326 e. The molecule has 7 nitrogen and oxygen atoms in total. The molecule has 0 saturated carbocycles. The first kappa shape index (κ1) is 12.1. The van der Waals surface area contributed by atoms with E-state index in [4.69, 9.17) is 17.4 Å². The molecule has 16 heavy (non-hydrogen) atoms. The predicted molar refractivity (Wildman–Crippen MR) is 57.6 cm³/mol. The highest BCUT2D eigenvalue weighted by atomic mass is 16.2. The van der Waals surface area contributed by atoms with E-state index in [2.05, 4.69) is 0 Å². The average molecular weight is 223 g/mol. The van der Waals surface area contributed by atoms with Crippen LogP contribution in [0.5, 0.6) is 0 Å². The number of hydrogen-bond acceptors (Lipinski definition) is 5. The fraction of sp³-hybridized carbons (Fsp3) is 0.111. The highest BCUT2D eigenvalue weighted by Crippen LogP contribution is 2.10. The van der Waals surface area contributed by atoms with Crippen molar-refractivity contribution in [2.45, 2.75) is 6.54 Å². The molecular formula is C9H13N5O2. The summed E-state index contributed by atoms with van der Waals surface area (Å²) in [5.74, 6) is 9.00. The Labute approximate surface area is 91.9 Å². The zero-order valence-corrected chi connectivity index (χ0v) is 8.49. The molecule has 0 bridgehead atoms. The lowest BCUT2D eigenvalue weighted by Crippen LogP contribution is -2.32. The minimum absolute atomic E-state index is 0.205. The van der Waals surface area contributed by atoms with Crippen molar-refractivity contribution >= 4 is 11.8 Å². The molecule has 0 aliphatic heterocycles. The van der Waals surface area contributed by atoms with Gasteiger partial charge in [0.25, 0.3) is 11.8 Å². The van der Waals surface area contributed by atoms with Crippen molar-refractivity contribution in [2.75, 3.05) is 0 Å². The van der Waals surface area contributed by atoms with Crippen LogP contribution in [0.2, 0.25) is 0 Å². The molecule has 86 valence electrons. The molecule has 0 saturated heterocycles. The lowest BCUT2D eigenvalue weighted by Gasteiger charge is -2.06. The van der Waals surface area contributed by atoms with Gasteiger partial charge in [0.2, 0.25) is 0 Å². The van der Waals surface area contributed by atoms with E-state index in [9.17, 15) is 9.59 Å². The van der Waals surface area contributed by atoms with Crippen LogP contribution in [0.3, 0.4) is 0 Å². The van der Waals surface area contributed by atoms with Gasteiger partial charge in [-0.2, -0.15) is 0 Å². The van der Waals surface area contributed by atoms with Crippen molar-refractivity contribution in [3.05, 3.63) is 34.9 Å². The number of nitrogen functional groups attached to an aromatic ring is 2. The Balaban J connectivity index is 3.20. The maximum atomic E-state index is 11.3. The summed E-state index contributed by atoms with van der Waals surface area (Å²) in [6.07, 6.45) is 0. The first-order valence-electron chi connectivity index (χ1n) is 4.48. The Morgan fingerprint density at radius 2 is 1.44 bits per heavy atom. The number of hydrogen-bond donors (Lipinski definition) is 5. The van der Waals surface area contributed by atoms with Crippen molar-refractivity contribution in [2.24, 2.45) is 17.4 Å². The maximum Gasteiger partial charge on any atom is 0.265 e. The SMILES string of the molecule is NCc1cc(C(=O)NN)cc(C(=O)NN)c1. The number of benzene rings is 1. The number of carbonyl (C=O) groups excluding carboxylic acids is 2. The Morgan fingerprint density at radius 3 is 1.75 bits per heavy atom. The monoisotopic (exact) mass is 223 g/mol. The van der Waals surface area contributed by atoms with Gasteiger partial charge in [0.15, 0.2) is 0 Å². The zero-order chi connectivity index (χ0) is 12.1. The summed E-state index contributed by atoms with van der Waals surface area (Å²) in [7, 11) is 0. The molecule has 0 fully saturated rings. The lowest BCUT2D eigenvalue weighted by molar-refractivity contribution is 0.0953. The fourth-order valence-electron chi connectivity index (χ4n) is 1.24. The zero-order valence-electron chi connectivity index (χ0n) is 8.49. The van der Waals surface area contributed by atoms with E-state index in [-0.39, 0.29) is 17.7 Å². The fourth-order valence-corrected chi connectivity index (χ4v) is 1.24. The van der Waals surface area contributed by atoms with Gasteiger partial charge in [0.1, 0.15) is 0 Å². The van der Waals surface area contributed by atoms with Gasteiger partial charge in [-0.15, -0.1) is 0 Å². The van der Waals surface area contributed by atoms with E-state index in [0.29, 0.717) is 5.56 Å². The first-order valence-corrected chi connectivity index (χ1v) is 4.48. The molecule has 0 spiro atoms. The van der Waals surface area contributed by atoms with Gasteiger partial charge in [-0.1, -0.05) is 0 Å². The van der Waals surface area contributed by atoms with E-state index in [1.54, 1.807) is 12.1 Å². The van der Waals surface area contributed by atoms with E-state index < -0.39 is 11.8 Å². The molecule has 0 atom stereocenters. The van der Waals surface area contributed by atoms with Crippen LogP contribution < -0.4 is 28.3 Å². The summed E-state index contributed by atoms with van der Waals surface area (Å²) < 4.78 is 0. The van der Waals surface area contributed by atoms with Crippen LogP contribution in [0, 0.1) is 0 Å². The van der Waals surface area contributed by atoms with Gasteiger partial charge in [-0.3, -0.25) is 20.4 Å². The van der Waals surface area contributed by atoms with Crippen LogP contribution in [-0.4, -0.2) is 11.8 Å². The van der Waals surface area contributed by atoms with Gasteiger partial charge in [-0.05, 0) is 23.8 Å². The molecule has 1 aromatic carbocycles. The molecule has 0 aromatic heterocycles. The molecule has 1 rings (SSSR count).